The minimum Gasteiger partial charge on any atom is -0.506 e. The van der Waals surface area contributed by atoms with Crippen LogP contribution in [0.2, 0.25) is 0 Å². The van der Waals surface area contributed by atoms with Crippen LogP contribution in [0.15, 0.2) is 71.5 Å². The third-order valence-electron chi connectivity index (χ3n) is 11.9. The van der Waals surface area contributed by atoms with Crippen molar-refractivity contribution >= 4 is 45.6 Å². The highest BCUT2D eigenvalue weighted by Crippen LogP contribution is 2.39. The van der Waals surface area contributed by atoms with E-state index in [0.717, 1.165) is 94.4 Å². The molecule has 290 valence electrons. The second-order valence-corrected chi connectivity index (χ2v) is 17.7. The molecule has 0 saturated heterocycles. The monoisotopic (exact) mass is 782 g/mol. The zero-order valence-electron chi connectivity index (χ0n) is 31.5. The van der Waals surface area contributed by atoms with E-state index < -0.39 is 11.6 Å². The number of amides is 1. The first-order chi connectivity index (χ1) is 26.7. The lowest BCUT2D eigenvalue weighted by Gasteiger charge is -2.35. The minimum absolute atomic E-state index is 0.0152. The van der Waals surface area contributed by atoms with Crippen LogP contribution >= 0.6 is 22.7 Å². The molecular weight excluding hydrogens is 733 g/mol. The third-order valence-corrected chi connectivity index (χ3v) is 14.0. The number of nitrogens with zero attached hydrogens (tertiary/aromatic N) is 4. The molecule has 0 spiro atoms. The fourth-order valence-corrected chi connectivity index (χ4v) is 10.8. The zero-order chi connectivity index (χ0) is 38.1. The lowest BCUT2D eigenvalue weighted by Crippen LogP contribution is -2.42. The van der Waals surface area contributed by atoms with Gasteiger partial charge in [0.05, 0.1) is 21.0 Å². The predicted octanol–water partition coefficient (Wildman–Crippen LogP) is 6.20. The van der Waals surface area contributed by atoms with Gasteiger partial charge in [0.2, 0.25) is 11.5 Å². The maximum absolute atomic E-state index is 13.6. The Morgan fingerprint density at radius 3 is 2.75 bits per heavy atom. The molecular formula is C42H50N6O5S2. The van der Waals surface area contributed by atoms with Crippen LogP contribution in [0.4, 0.5) is 0 Å². The number of carbonyl (C=O) groups excluding carboxylic acids is 2. The molecule has 1 amide bonds. The maximum atomic E-state index is 13.6. The summed E-state index contributed by atoms with van der Waals surface area (Å²) in [4.78, 5) is 30.0. The highest BCUT2D eigenvalue weighted by molar-refractivity contribution is 7.13. The molecule has 4 heterocycles. The fourth-order valence-electron chi connectivity index (χ4n) is 8.92. The van der Waals surface area contributed by atoms with Gasteiger partial charge in [0.1, 0.15) is 17.4 Å². The van der Waals surface area contributed by atoms with Crippen LogP contribution in [0.3, 0.4) is 0 Å². The Morgan fingerprint density at radius 1 is 1.13 bits per heavy atom. The lowest BCUT2D eigenvalue weighted by atomic mass is 9.81. The summed E-state index contributed by atoms with van der Waals surface area (Å²) in [5.41, 5.74) is 5.09. The van der Waals surface area contributed by atoms with Crippen LogP contribution in [0, 0.1) is 18.8 Å². The molecule has 1 fully saturated rings. The van der Waals surface area contributed by atoms with Crippen LogP contribution in [0.1, 0.15) is 76.3 Å². The van der Waals surface area contributed by atoms with E-state index in [4.69, 9.17) is 4.74 Å². The van der Waals surface area contributed by atoms with E-state index in [2.05, 4.69) is 43.6 Å². The molecule has 3 aliphatic carbocycles. The number of fused-ring (bicyclic) bond motifs is 4. The number of benzene rings is 1. The lowest BCUT2D eigenvalue weighted by molar-refractivity contribution is -0.169. The SMILES string of the molecule is Cc1ccc([C@](O)(C(=O)OC2CCC(N(C)CCCn3nnc4cc(CNCCC5C=CC(O)=C6NC(=O)C=CC65)c5c(c43)CCC5)CC2)c2cccs2)s1. The van der Waals surface area contributed by atoms with Crippen LogP contribution in [-0.4, -0.2) is 74.3 Å². The van der Waals surface area contributed by atoms with E-state index in [0.29, 0.717) is 21.5 Å². The van der Waals surface area contributed by atoms with E-state index in [1.54, 1.807) is 18.2 Å². The van der Waals surface area contributed by atoms with E-state index in [1.165, 1.54) is 44.9 Å². The molecule has 13 heteroatoms. The van der Waals surface area contributed by atoms with Gasteiger partial charge in [0.15, 0.2) is 0 Å². The first-order valence-electron chi connectivity index (χ1n) is 19.6. The Kier molecular flexibility index (Phi) is 11.1. The number of allylic oxidation sites excluding steroid dienone is 3. The molecule has 1 saturated carbocycles. The number of esters is 1. The van der Waals surface area contributed by atoms with Crippen molar-refractivity contribution in [2.24, 2.45) is 11.8 Å². The van der Waals surface area contributed by atoms with Crippen molar-refractivity contribution < 1.29 is 24.5 Å². The Hall–Kier alpha value is -4.14. The fraction of sp³-hybridized carbons (Fsp3) is 0.476. The van der Waals surface area contributed by atoms with Gasteiger partial charge in [-0.15, -0.1) is 27.8 Å². The summed E-state index contributed by atoms with van der Waals surface area (Å²) in [6, 6.07) is 10.0. The van der Waals surface area contributed by atoms with Crippen molar-refractivity contribution in [1.29, 1.82) is 0 Å². The minimum atomic E-state index is -1.77. The molecule has 1 aromatic carbocycles. The molecule has 1 aliphatic heterocycles. The van der Waals surface area contributed by atoms with Crippen molar-refractivity contribution in [3.05, 3.63) is 103 Å². The van der Waals surface area contributed by atoms with Crippen molar-refractivity contribution in [3.63, 3.8) is 0 Å². The number of aryl methyl sites for hydroxylation is 3. The number of ether oxygens (including phenoxy) is 1. The number of thiophene rings is 2. The van der Waals surface area contributed by atoms with Crippen LogP contribution in [0.25, 0.3) is 11.0 Å². The van der Waals surface area contributed by atoms with E-state index in [9.17, 15) is 19.8 Å². The number of hydrogen-bond acceptors (Lipinski definition) is 11. The molecule has 8 rings (SSSR count). The largest absolute Gasteiger partial charge is 0.506 e. The Bertz CT molecular complexity index is 2130. The summed E-state index contributed by atoms with van der Waals surface area (Å²) >= 11 is 2.80. The predicted molar refractivity (Wildman–Crippen MR) is 215 cm³/mol. The smallest absolute Gasteiger partial charge is 0.349 e. The second-order valence-electron chi connectivity index (χ2n) is 15.5. The van der Waals surface area contributed by atoms with Gasteiger partial charge in [-0.25, -0.2) is 9.48 Å². The Morgan fingerprint density at radius 2 is 1.96 bits per heavy atom. The van der Waals surface area contributed by atoms with Crippen molar-refractivity contribution in [2.45, 2.75) is 95.5 Å². The summed E-state index contributed by atoms with van der Waals surface area (Å²) in [7, 11) is 2.19. The van der Waals surface area contributed by atoms with Gasteiger partial charge in [-0.1, -0.05) is 23.4 Å². The molecule has 0 radical (unpaired) electrons. The number of carbonyl (C=O) groups is 2. The molecule has 2 unspecified atom stereocenters. The number of aliphatic hydroxyl groups excluding tert-OH is 1. The average molecular weight is 783 g/mol. The van der Waals surface area contributed by atoms with Gasteiger partial charge in [-0.2, -0.15) is 0 Å². The summed E-state index contributed by atoms with van der Waals surface area (Å²) in [5, 5.41) is 39.6. The van der Waals surface area contributed by atoms with Crippen LogP contribution in [-0.2, 0) is 45.9 Å². The first kappa shape index (κ1) is 37.8. The van der Waals surface area contributed by atoms with Gasteiger partial charge in [0, 0.05) is 29.9 Å². The topological polar surface area (TPSA) is 142 Å². The molecule has 0 bridgehead atoms. The molecule has 55 heavy (non-hydrogen) atoms. The molecule has 3 aromatic heterocycles. The van der Waals surface area contributed by atoms with Gasteiger partial charge in [-0.3, -0.25) is 4.79 Å². The molecule has 11 nitrogen and oxygen atoms in total. The standard InChI is InChI=1S/C42H50N6O5S2/c1-26-9-17-37(55-26)42(52,36-8-4-23-54-36)41(51)53-30-13-11-29(12-14-30)47(2)21-5-22-48-40-33-7-3-6-31(33)28(24-34(40)45-46-48)25-43-20-19-27-10-16-35(49)39-32(27)15-18-38(50)44-39/h4,8-10,15-18,23-24,27,29-30,32,43,49,52H,3,5-7,11-14,19-22,25H2,1-2H3,(H,44,50)/t27?,29?,30?,32?,42-/m0/s1. The van der Waals surface area contributed by atoms with E-state index in [1.807, 2.05) is 42.7 Å². The Labute approximate surface area is 329 Å². The number of hydrogen-bond donors (Lipinski definition) is 4. The zero-order valence-corrected chi connectivity index (χ0v) is 33.1. The number of rotatable bonds is 14. The van der Waals surface area contributed by atoms with Crippen molar-refractivity contribution in [3.8, 4) is 0 Å². The first-order valence-corrected chi connectivity index (χ1v) is 21.3. The van der Waals surface area contributed by atoms with Crippen molar-refractivity contribution in [2.75, 3.05) is 20.1 Å². The Balaban J connectivity index is 0.819. The molecule has 4 aliphatic rings. The third kappa shape index (κ3) is 7.69. The number of aromatic nitrogens is 3. The molecule has 4 aromatic rings. The van der Waals surface area contributed by atoms with Crippen LogP contribution in [0.5, 0.6) is 0 Å². The van der Waals surface area contributed by atoms with E-state index >= 15 is 0 Å². The normalized spacial score (nSPS) is 23.2. The quantitative estimate of drug-likeness (QED) is 0.0870. The maximum Gasteiger partial charge on any atom is 0.349 e. The van der Waals surface area contributed by atoms with Crippen LogP contribution < -0.4 is 10.6 Å². The summed E-state index contributed by atoms with van der Waals surface area (Å²) in [5.74, 6) is -0.446. The number of nitrogens with one attached hydrogen (secondary N) is 2. The van der Waals surface area contributed by atoms with Gasteiger partial charge < -0.3 is 30.5 Å². The highest BCUT2D eigenvalue weighted by atomic mass is 32.1. The average Bonchev–Trinajstić information content (AvgIpc) is 4.02. The summed E-state index contributed by atoms with van der Waals surface area (Å²) in [6.45, 7) is 5.30. The van der Waals surface area contributed by atoms with Crippen molar-refractivity contribution in [1.82, 2.24) is 30.5 Å². The van der Waals surface area contributed by atoms with Gasteiger partial charge in [-0.05, 0) is 149 Å². The summed E-state index contributed by atoms with van der Waals surface area (Å²) in [6.07, 6.45) is 15.5. The highest BCUT2D eigenvalue weighted by Gasteiger charge is 2.45. The number of aliphatic hydroxyl groups is 2. The molecule has 3 atom stereocenters. The summed E-state index contributed by atoms with van der Waals surface area (Å²) < 4.78 is 8.13. The molecule has 4 N–H and O–H groups in total. The van der Waals surface area contributed by atoms with Gasteiger partial charge >= 0.3 is 5.97 Å². The second kappa shape index (κ2) is 16.1. The van der Waals surface area contributed by atoms with E-state index in [-0.39, 0.29) is 29.6 Å². The van der Waals surface area contributed by atoms with Gasteiger partial charge in [0.25, 0.3) is 0 Å².